The number of unbranched alkanes of at least 4 members (excludes halogenated alkanes) is 4. The molecule has 0 radical (unpaired) electrons. The number of rotatable bonds is 12. The van der Waals surface area contributed by atoms with Crippen molar-refractivity contribution in [3.8, 4) is 0 Å². The summed E-state index contributed by atoms with van der Waals surface area (Å²) in [6.45, 7) is 15.5. The molecule has 0 aromatic carbocycles. The van der Waals surface area contributed by atoms with E-state index < -0.39 is 18.4 Å². The molecule has 0 saturated heterocycles. The average molecular weight is 375 g/mol. The molecule has 0 N–H and O–H groups in total. The first-order valence-corrected chi connectivity index (χ1v) is 16.8. The predicted molar refractivity (Wildman–Crippen MR) is 95.9 cm³/mol. The number of hydrogen-bond acceptors (Lipinski definition) is 0. The molecule has 0 bridgehead atoms. The molecule has 0 rings (SSSR count). The minimum atomic E-state index is -1.69. The zero-order valence-electron chi connectivity index (χ0n) is 14.4. The van der Waals surface area contributed by atoms with E-state index in [4.69, 9.17) is 0 Å². The summed E-state index contributed by atoms with van der Waals surface area (Å²) in [6.07, 6.45) is 11.8. The van der Waals surface area contributed by atoms with Gasteiger partial charge in [0, 0.05) is 0 Å². The second kappa shape index (κ2) is 16.6. The van der Waals surface area contributed by atoms with Crippen LogP contribution in [0.1, 0.15) is 79.1 Å². The van der Waals surface area contributed by atoms with Crippen molar-refractivity contribution in [3.05, 3.63) is 13.2 Å². The molecule has 0 heterocycles. The van der Waals surface area contributed by atoms with Crippen molar-refractivity contribution >= 4 is 18.4 Å². The molecule has 0 amide bonds. The second-order valence-corrected chi connectivity index (χ2v) is 20.2. The van der Waals surface area contributed by atoms with Gasteiger partial charge in [0.05, 0.1) is 0 Å². The van der Waals surface area contributed by atoms with E-state index in [1.165, 1.54) is 51.4 Å². The van der Waals surface area contributed by atoms with Gasteiger partial charge < -0.3 is 0 Å². The molecule has 0 fully saturated rings. The summed E-state index contributed by atoms with van der Waals surface area (Å²) in [4.78, 5) is 0. The van der Waals surface area contributed by atoms with E-state index in [-0.39, 0.29) is 0 Å². The summed E-state index contributed by atoms with van der Waals surface area (Å²) >= 11 is -1.69. The van der Waals surface area contributed by atoms with Crippen molar-refractivity contribution < 1.29 is 0 Å². The van der Waals surface area contributed by atoms with Crippen molar-refractivity contribution in [1.29, 1.82) is 0 Å². The standard InChI is InChI=1S/4C4H9.C2H4.Sn/c4*1-3-4-2;1-2;/h4*1,3-4H2,2H3;1-2H2;. The van der Waals surface area contributed by atoms with E-state index in [1.54, 1.807) is 17.7 Å². The topological polar surface area (TPSA) is 0 Å². The molecule has 0 aliphatic heterocycles. The van der Waals surface area contributed by atoms with Gasteiger partial charge in [0.15, 0.2) is 0 Å². The van der Waals surface area contributed by atoms with Gasteiger partial charge in [0.25, 0.3) is 0 Å². The van der Waals surface area contributed by atoms with Crippen LogP contribution < -0.4 is 0 Å². The Kier molecular flexibility index (Phi) is 19.1. The van der Waals surface area contributed by atoms with Crippen molar-refractivity contribution in [2.45, 2.75) is 96.8 Å². The van der Waals surface area contributed by atoms with Gasteiger partial charge >= 0.3 is 115 Å². The van der Waals surface area contributed by atoms with E-state index in [1.807, 2.05) is 0 Å². The monoisotopic (exact) mass is 376 g/mol. The van der Waals surface area contributed by atoms with Gasteiger partial charge in [-0.05, 0) is 0 Å². The van der Waals surface area contributed by atoms with Gasteiger partial charge in [-0.25, -0.2) is 0 Å². The third-order valence-corrected chi connectivity index (χ3v) is 20.4. The second-order valence-electron chi connectivity index (χ2n) is 5.91. The zero-order chi connectivity index (χ0) is 15.0. The molecule has 0 aliphatic carbocycles. The van der Waals surface area contributed by atoms with Crippen LogP contribution in [-0.4, -0.2) is 18.4 Å². The fourth-order valence-electron chi connectivity index (χ4n) is 2.96. The molecule has 0 atom stereocenters. The van der Waals surface area contributed by atoms with Crippen LogP contribution in [-0.2, 0) is 0 Å². The Hall–Kier alpha value is 0.539. The van der Waals surface area contributed by atoms with Gasteiger partial charge in [0.1, 0.15) is 0 Å². The summed E-state index contributed by atoms with van der Waals surface area (Å²) in [5.74, 6) is 0. The molecule has 0 aromatic heterocycles. The molecule has 0 aliphatic rings. The molecular formula is C18H40Sn. The molecule has 1 heteroatoms. The summed E-state index contributed by atoms with van der Waals surface area (Å²) in [7, 11) is 0. The minimum absolute atomic E-state index is 1.42. The quantitative estimate of drug-likeness (QED) is 0.246. The summed E-state index contributed by atoms with van der Waals surface area (Å²) < 4.78 is 6.80. The first-order chi connectivity index (χ1) is 9.24. The molecule has 0 aromatic rings. The Morgan fingerprint density at radius 1 is 0.526 bits per heavy atom. The van der Waals surface area contributed by atoms with Gasteiger partial charge in [-0.2, -0.15) is 0 Å². The average Bonchev–Trinajstić information content (AvgIpc) is 2.48. The summed E-state index contributed by atoms with van der Waals surface area (Å²) in [5, 5.41) is 0. The van der Waals surface area contributed by atoms with Crippen LogP contribution in [0.3, 0.4) is 0 Å². The maximum atomic E-state index is 3.00. The Labute approximate surface area is 128 Å². The predicted octanol–water partition coefficient (Wildman–Crippen LogP) is 7.44. The molecule has 19 heavy (non-hydrogen) atoms. The third-order valence-electron chi connectivity index (χ3n) is 4.24. The van der Waals surface area contributed by atoms with E-state index in [0.717, 1.165) is 0 Å². The van der Waals surface area contributed by atoms with Crippen LogP contribution in [0, 0.1) is 0 Å². The Morgan fingerprint density at radius 2 is 0.737 bits per heavy atom. The summed E-state index contributed by atoms with van der Waals surface area (Å²) in [6, 6.07) is 0. The van der Waals surface area contributed by atoms with Gasteiger partial charge in [-0.3, -0.25) is 0 Å². The van der Waals surface area contributed by atoms with Gasteiger partial charge in [-0.1, -0.05) is 0 Å². The molecule has 0 nitrogen and oxygen atoms in total. The Morgan fingerprint density at radius 3 is 0.895 bits per heavy atom. The van der Waals surface area contributed by atoms with E-state index in [2.05, 4.69) is 40.9 Å². The van der Waals surface area contributed by atoms with Crippen molar-refractivity contribution in [2.24, 2.45) is 0 Å². The maximum absolute atomic E-state index is 3.00. The third kappa shape index (κ3) is 12.0. The van der Waals surface area contributed by atoms with Crippen LogP contribution in [0.2, 0.25) is 17.7 Å². The van der Waals surface area contributed by atoms with E-state index >= 15 is 0 Å². The van der Waals surface area contributed by atoms with Crippen molar-refractivity contribution in [1.82, 2.24) is 0 Å². The first-order valence-electron chi connectivity index (χ1n) is 8.74. The number of hydrogen-bond donors (Lipinski definition) is 0. The molecule has 0 unspecified atom stereocenters. The first kappa shape index (κ1) is 21.8. The van der Waals surface area contributed by atoms with Crippen molar-refractivity contribution in [3.63, 3.8) is 0 Å². The van der Waals surface area contributed by atoms with Crippen molar-refractivity contribution in [2.75, 3.05) is 0 Å². The Bertz CT molecular complexity index is 128. The summed E-state index contributed by atoms with van der Waals surface area (Å²) in [5.41, 5.74) is 0. The molecule has 0 spiro atoms. The van der Waals surface area contributed by atoms with Gasteiger partial charge in [0.2, 0.25) is 0 Å². The van der Waals surface area contributed by atoms with Crippen LogP contribution in [0.25, 0.3) is 0 Å². The van der Waals surface area contributed by atoms with E-state index in [0.29, 0.717) is 0 Å². The SMILES string of the molecule is C=C.CCC[CH2][Sn]([CH2]CCC)([CH2]CCC)[CH2]CCC. The van der Waals surface area contributed by atoms with Crippen LogP contribution >= 0.6 is 0 Å². The molecule has 0 saturated carbocycles. The Balaban J connectivity index is 0. The van der Waals surface area contributed by atoms with Crippen LogP contribution in [0.4, 0.5) is 0 Å². The fraction of sp³-hybridized carbons (Fsp3) is 0.889. The van der Waals surface area contributed by atoms with Gasteiger partial charge in [-0.15, -0.1) is 13.2 Å². The van der Waals surface area contributed by atoms with Crippen LogP contribution in [0.15, 0.2) is 13.2 Å². The van der Waals surface area contributed by atoms with Crippen LogP contribution in [0.5, 0.6) is 0 Å². The molecule has 116 valence electrons. The fourth-order valence-corrected chi connectivity index (χ4v) is 19.8. The molecular weight excluding hydrogens is 335 g/mol. The van der Waals surface area contributed by atoms with E-state index in [9.17, 15) is 0 Å². The zero-order valence-corrected chi connectivity index (χ0v) is 17.3. The normalized spacial score (nSPS) is 10.9.